The summed E-state index contributed by atoms with van der Waals surface area (Å²) in [5.41, 5.74) is 0.510. The molecule has 0 radical (unpaired) electrons. The Morgan fingerprint density at radius 3 is 3.00 bits per heavy atom. The molecule has 6 nitrogen and oxygen atoms in total. The fourth-order valence-corrected chi connectivity index (χ4v) is 4.41. The second kappa shape index (κ2) is 8.85. The number of anilines is 1. The number of aryl methyl sites for hydroxylation is 1. The Bertz CT molecular complexity index is 921. The molecule has 1 N–H and O–H groups in total. The number of hydrogen-bond donors (Lipinski definition) is 1. The van der Waals surface area contributed by atoms with Gasteiger partial charge in [-0.15, -0.1) is 11.8 Å². The molecule has 0 bridgehead atoms. The zero-order valence-corrected chi connectivity index (χ0v) is 16.1. The number of methoxy groups -OCH3 is 1. The van der Waals surface area contributed by atoms with Gasteiger partial charge >= 0.3 is 0 Å². The lowest BCUT2D eigenvalue weighted by Crippen LogP contribution is -2.27. The van der Waals surface area contributed by atoms with Crippen molar-refractivity contribution in [1.82, 2.24) is 9.55 Å². The fourth-order valence-electron chi connectivity index (χ4n) is 2.52. The normalized spacial score (nSPS) is 12.9. The van der Waals surface area contributed by atoms with Gasteiger partial charge in [-0.05, 0) is 12.1 Å². The number of benzene rings is 1. The number of thioether (sulfide) groups is 2. The highest BCUT2D eigenvalue weighted by Crippen LogP contribution is 2.28. The number of hydrogen-bond acceptors (Lipinski definition) is 6. The predicted molar refractivity (Wildman–Crippen MR) is 101 cm³/mol. The van der Waals surface area contributed by atoms with Crippen LogP contribution in [0.2, 0.25) is 0 Å². The van der Waals surface area contributed by atoms with Crippen molar-refractivity contribution in [2.75, 3.05) is 30.5 Å². The molecule has 3 rings (SSSR count). The van der Waals surface area contributed by atoms with Crippen molar-refractivity contribution in [3.05, 3.63) is 45.9 Å². The number of halogens is 2. The van der Waals surface area contributed by atoms with Crippen LogP contribution in [-0.4, -0.2) is 40.7 Å². The molecule has 1 aliphatic rings. The maximum Gasteiger partial charge on any atom is 0.268 e. The summed E-state index contributed by atoms with van der Waals surface area (Å²) in [5.74, 6) is -1.31. The summed E-state index contributed by atoms with van der Waals surface area (Å²) in [6.45, 7) is 0.665. The zero-order chi connectivity index (χ0) is 19.4. The van der Waals surface area contributed by atoms with Crippen LogP contribution in [0.25, 0.3) is 0 Å². The summed E-state index contributed by atoms with van der Waals surface area (Å²) in [6.07, 6.45) is 0.709. The van der Waals surface area contributed by atoms with Crippen molar-refractivity contribution in [2.24, 2.45) is 0 Å². The maximum atomic E-state index is 13.6. The fraction of sp³-hybridized carbons (Fsp3) is 0.353. The Kier molecular flexibility index (Phi) is 6.51. The van der Waals surface area contributed by atoms with Gasteiger partial charge in [0, 0.05) is 25.3 Å². The topological polar surface area (TPSA) is 73.2 Å². The Balaban J connectivity index is 1.74. The zero-order valence-electron chi connectivity index (χ0n) is 14.5. The first kappa shape index (κ1) is 19.8. The summed E-state index contributed by atoms with van der Waals surface area (Å²) >= 11 is 2.57. The van der Waals surface area contributed by atoms with Crippen LogP contribution in [0.4, 0.5) is 14.5 Å². The Morgan fingerprint density at radius 1 is 1.44 bits per heavy atom. The minimum atomic E-state index is -0.849. The highest BCUT2D eigenvalue weighted by molar-refractivity contribution is 8.00. The van der Waals surface area contributed by atoms with Crippen molar-refractivity contribution < 1.29 is 18.3 Å². The number of nitrogens with one attached hydrogen (secondary N) is 1. The van der Waals surface area contributed by atoms with Gasteiger partial charge in [-0.2, -0.15) is 0 Å². The molecular formula is C17H17F2N3O3S2. The second-order valence-electron chi connectivity index (χ2n) is 5.68. The molecule has 1 aromatic carbocycles. The summed E-state index contributed by atoms with van der Waals surface area (Å²) in [7, 11) is 1.54. The van der Waals surface area contributed by atoms with E-state index in [1.165, 1.54) is 23.4 Å². The highest BCUT2D eigenvalue weighted by Gasteiger charge is 2.22. The predicted octanol–water partition coefficient (Wildman–Crippen LogP) is 2.55. The van der Waals surface area contributed by atoms with E-state index < -0.39 is 17.5 Å². The molecule has 0 saturated carbocycles. The smallest absolute Gasteiger partial charge is 0.268 e. The van der Waals surface area contributed by atoms with Gasteiger partial charge in [0.1, 0.15) is 11.6 Å². The SMILES string of the molecule is COCCn1c(SCC(=O)Nc2ccc(F)cc2F)nc2c(c1=O)SCC2. The molecule has 1 amide bonds. The van der Waals surface area contributed by atoms with Crippen molar-refractivity contribution in [3.8, 4) is 0 Å². The molecule has 2 aromatic rings. The standard InChI is InChI=1S/C17H17F2N3O3S2/c1-25-6-5-22-16(24)15-13(4-7-26-15)21-17(22)27-9-14(23)20-12-3-2-10(18)8-11(12)19/h2-3,8H,4-7,9H2,1H3,(H,20,23). The molecule has 27 heavy (non-hydrogen) atoms. The number of nitrogens with zero attached hydrogens (tertiary/aromatic N) is 2. The highest BCUT2D eigenvalue weighted by atomic mass is 32.2. The summed E-state index contributed by atoms with van der Waals surface area (Å²) in [5, 5.41) is 2.82. The molecule has 0 aliphatic carbocycles. The van der Waals surface area contributed by atoms with Crippen LogP contribution in [0, 0.1) is 11.6 Å². The van der Waals surface area contributed by atoms with Gasteiger partial charge in [-0.1, -0.05) is 11.8 Å². The molecule has 1 aliphatic heterocycles. The van der Waals surface area contributed by atoms with Crippen molar-refractivity contribution in [1.29, 1.82) is 0 Å². The molecule has 144 valence electrons. The molecule has 0 atom stereocenters. The van der Waals surface area contributed by atoms with Crippen LogP contribution in [0.15, 0.2) is 33.0 Å². The first-order chi connectivity index (χ1) is 13.0. The third kappa shape index (κ3) is 4.69. The van der Waals surface area contributed by atoms with Crippen LogP contribution in [0.5, 0.6) is 0 Å². The second-order valence-corrected chi connectivity index (χ2v) is 7.73. The Hall–Kier alpha value is -1.91. The number of carbonyl (C=O) groups excluding carboxylic acids is 1. The van der Waals surface area contributed by atoms with E-state index in [9.17, 15) is 18.4 Å². The lowest BCUT2D eigenvalue weighted by molar-refractivity contribution is -0.113. The average molecular weight is 413 g/mol. The number of aromatic nitrogens is 2. The van der Waals surface area contributed by atoms with Crippen molar-refractivity contribution >= 4 is 35.1 Å². The quantitative estimate of drug-likeness (QED) is 0.556. The monoisotopic (exact) mass is 413 g/mol. The summed E-state index contributed by atoms with van der Waals surface area (Å²) in [4.78, 5) is 29.9. The lowest BCUT2D eigenvalue weighted by Gasteiger charge is -2.13. The van der Waals surface area contributed by atoms with E-state index in [-0.39, 0.29) is 17.0 Å². The van der Waals surface area contributed by atoms with E-state index in [0.29, 0.717) is 35.7 Å². The minimum Gasteiger partial charge on any atom is -0.383 e. The van der Waals surface area contributed by atoms with E-state index in [4.69, 9.17) is 4.74 Å². The molecule has 1 aromatic heterocycles. The average Bonchev–Trinajstić information content (AvgIpc) is 3.10. The van der Waals surface area contributed by atoms with E-state index in [1.807, 2.05) is 0 Å². The van der Waals surface area contributed by atoms with Gasteiger partial charge in [0.05, 0.1) is 35.2 Å². The molecule has 2 heterocycles. The molecule has 0 unspecified atom stereocenters. The number of fused-ring (bicyclic) bond motifs is 1. The molecule has 0 fully saturated rings. The van der Waals surface area contributed by atoms with Crippen LogP contribution in [0.1, 0.15) is 5.69 Å². The van der Waals surface area contributed by atoms with Crippen molar-refractivity contribution in [3.63, 3.8) is 0 Å². The summed E-state index contributed by atoms with van der Waals surface area (Å²) in [6, 6.07) is 2.92. The molecule has 0 saturated heterocycles. The number of rotatable bonds is 7. The largest absolute Gasteiger partial charge is 0.383 e. The number of ether oxygens (including phenoxy) is 1. The van der Waals surface area contributed by atoms with Gasteiger partial charge in [-0.3, -0.25) is 14.2 Å². The van der Waals surface area contributed by atoms with E-state index >= 15 is 0 Å². The number of carbonyl (C=O) groups is 1. The molecule has 0 spiro atoms. The Labute approximate surface area is 162 Å². The third-order valence-electron chi connectivity index (χ3n) is 3.80. The van der Waals surface area contributed by atoms with Crippen molar-refractivity contribution in [2.45, 2.75) is 23.0 Å². The summed E-state index contributed by atoms with van der Waals surface area (Å²) < 4.78 is 33.1. The molecule has 10 heteroatoms. The molecular weight excluding hydrogens is 396 g/mol. The first-order valence-corrected chi connectivity index (χ1v) is 10.1. The van der Waals surface area contributed by atoms with Crippen LogP contribution >= 0.6 is 23.5 Å². The van der Waals surface area contributed by atoms with Crippen LogP contribution in [0.3, 0.4) is 0 Å². The maximum absolute atomic E-state index is 13.6. The van der Waals surface area contributed by atoms with Gasteiger partial charge in [0.2, 0.25) is 5.91 Å². The van der Waals surface area contributed by atoms with E-state index in [1.54, 1.807) is 0 Å². The van der Waals surface area contributed by atoms with E-state index in [0.717, 1.165) is 35.3 Å². The lowest BCUT2D eigenvalue weighted by atomic mass is 10.3. The van der Waals surface area contributed by atoms with Gasteiger partial charge < -0.3 is 10.1 Å². The Morgan fingerprint density at radius 2 is 2.26 bits per heavy atom. The third-order valence-corrected chi connectivity index (χ3v) is 5.89. The van der Waals surface area contributed by atoms with Gasteiger partial charge in [0.15, 0.2) is 5.16 Å². The van der Waals surface area contributed by atoms with Crippen LogP contribution < -0.4 is 10.9 Å². The van der Waals surface area contributed by atoms with E-state index in [2.05, 4.69) is 10.3 Å². The van der Waals surface area contributed by atoms with Gasteiger partial charge in [0.25, 0.3) is 5.56 Å². The minimum absolute atomic E-state index is 0.0673. The van der Waals surface area contributed by atoms with Crippen LogP contribution in [-0.2, 0) is 22.5 Å². The van der Waals surface area contributed by atoms with Gasteiger partial charge in [-0.25, -0.2) is 13.8 Å². The first-order valence-electron chi connectivity index (χ1n) is 8.12. The number of amides is 1.